The van der Waals surface area contributed by atoms with Crippen molar-refractivity contribution in [3.8, 4) is 0 Å². The van der Waals surface area contributed by atoms with E-state index in [1.807, 2.05) is 36.2 Å². The van der Waals surface area contributed by atoms with Crippen molar-refractivity contribution in [3.05, 3.63) is 34.9 Å². The summed E-state index contributed by atoms with van der Waals surface area (Å²) in [6.07, 6.45) is -4.18. The molecule has 0 aromatic heterocycles. The molecule has 1 aromatic carbocycles. The fourth-order valence-corrected chi connectivity index (χ4v) is 2.28. The van der Waals surface area contributed by atoms with Gasteiger partial charge in [-0.2, -0.15) is 13.2 Å². The van der Waals surface area contributed by atoms with Crippen molar-refractivity contribution < 1.29 is 13.2 Å². The Labute approximate surface area is 139 Å². The number of rotatable bonds is 6. The van der Waals surface area contributed by atoms with Gasteiger partial charge >= 0.3 is 6.18 Å². The minimum atomic E-state index is -4.18. The van der Waals surface area contributed by atoms with Gasteiger partial charge in [0.15, 0.2) is 5.96 Å². The normalized spacial score (nSPS) is 12.6. The molecule has 0 bridgehead atoms. The van der Waals surface area contributed by atoms with Gasteiger partial charge in [-0.1, -0.05) is 29.8 Å². The molecule has 0 saturated carbocycles. The van der Waals surface area contributed by atoms with E-state index in [2.05, 4.69) is 10.3 Å². The molecule has 23 heavy (non-hydrogen) atoms. The summed E-state index contributed by atoms with van der Waals surface area (Å²) < 4.78 is 36.8. The summed E-state index contributed by atoms with van der Waals surface area (Å²) in [7, 11) is 4.91. The van der Waals surface area contributed by atoms with Crippen LogP contribution in [0, 0.1) is 0 Å². The molecule has 0 spiro atoms. The lowest BCUT2D eigenvalue weighted by Gasteiger charge is -2.24. The van der Waals surface area contributed by atoms with Crippen LogP contribution in [0.1, 0.15) is 5.56 Å². The molecule has 0 saturated heterocycles. The number of nitrogens with one attached hydrogen (secondary N) is 1. The van der Waals surface area contributed by atoms with E-state index >= 15 is 0 Å². The van der Waals surface area contributed by atoms with E-state index in [9.17, 15) is 13.2 Å². The number of aliphatic imine (C=N–C) groups is 1. The van der Waals surface area contributed by atoms with Gasteiger partial charge in [-0.05, 0) is 18.7 Å². The number of hydrogen-bond acceptors (Lipinski definition) is 2. The Hall–Kier alpha value is -1.47. The van der Waals surface area contributed by atoms with Crippen LogP contribution in [-0.4, -0.2) is 62.7 Å². The van der Waals surface area contributed by atoms with Crippen LogP contribution in [0.2, 0.25) is 5.02 Å². The van der Waals surface area contributed by atoms with Crippen LogP contribution >= 0.6 is 11.6 Å². The highest BCUT2D eigenvalue weighted by atomic mass is 35.5. The van der Waals surface area contributed by atoms with E-state index in [1.165, 1.54) is 11.9 Å². The first-order valence-electron chi connectivity index (χ1n) is 7.13. The Morgan fingerprint density at radius 3 is 2.48 bits per heavy atom. The van der Waals surface area contributed by atoms with E-state index in [1.54, 1.807) is 7.05 Å². The molecule has 0 aliphatic heterocycles. The fourth-order valence-electron chi connectivity index (χ4n) is 2.09. The molecule has 130 valence electrons. The molecule has 1 aromatic rings. The van der Waals surface area contributed by atoms with E-state index in [0.29, 0.717) is 24.1 Å². The Bertz CT molecular complexity index is 520. The Balaban J connectivity index is 2.46. The van der Waals surface area contributed by atoms with Crippen LogP contribution in [-0.2, 0) is 6.54 Å². The number of likely N-dealkylation sites (N-methyl/N-ethyl adjacent to an activating group) is 1. The molecule has 0 heterocycles. The summed E-state index contributed by atoms with van der Waals surface area (Å²) in [5.41, 5.74) is 0.953. The van der Waals surface area contributed by atoms with Crippen molar-refractivity contribution >= 4 is 17.6 Å². The third-order valence-electron chi connectivity index (χ3n) is 3.16. The second-order valence-electron chi connectivity index (χ2n) is 5.27. The SMILES string of the molecule is CN=C(NCCN(C)CC(F)(F)F)N(C)Cc1ccccc1Cl. The Morgan fingerprint density at radius 1 is 1.26 bits per heavy atom. The minimum Gasteiger partial charge on any atom is -0.355 e. The van der Waals surface area contributed by atoms with E-state index in [-0.39, 0.29) is 6.54 Å². The summed E-state index contributed by atoms with van der Waals surface area (Å²) in [6, 6.07) is 7.49. The van der Waals surface area contributed by atoms with Gasteiger partial charge in [-0.15, -0.1) is 0 Å². The fraction of sp³-hybridized carbons (Fsp3) is 0.533. The molecule has 0 aliphatic rings. The van der Waals surface area contributed by atoms with Crippen LogP contribution in [0.15, 0.2) is 29.3 Å². The van der Waals surface area contributed by atoms with Crippen LogP contribution in [0.4, 0.5) is 13.2 Å². The maximum absolute atomic E-state index is 12.3. The molecule has 1 N–H and O–H groups in total. The minimum absolute atomic E-state index is 0.262. The molecule has 1 rings (SSSR count). The smallest absolute Gasteiger partial charge is 0.355 e. The zero-order valence-electron chi connectivity index (χ0n) is 13.5. The van der Waals surface area contributed by atoms with Crippen molar-refractivity contribution in [2.45, 2.75) is 12.7 Å². The van der Waals surface area contributed by atoms with E-state index in [0.717, 1.165) is 5.56 Å². The Kier molecular flexibility index (Phi) is 7.64. The number of guanidine groups is 1. The topological polar surface area (TPSA) is 30.9 Å². The summed E-state index contributed by atoms with van der Waals surface area (Å²) in [6.45, 7) is 0.255. The maximum atomic E-state index is 12.3. The monoisotopic (exact) mass is 350 g/mol. The van der Waals surface area contributed by atoms with Gasteiger partial charge in [-0.3, -0.25) is 9.89 Å². The van der Waals surface area contributed by atoms with Crippen LogP contribution < -0.4 is 5.32 Å². The third kappa shape index (κ3) is 7.56. The summed E-state index contributed by atoms with van der Waals surface area (Å²) >= 11 is 6.12. The summed E-state index contributed by atoms with van der Waals surface area (Å²) in [5, 5.41) is 3.72. The van der Waals surface area contributed by atoms with Gasteiger partial charge in [0.1, 0.15) is 0 Å². The highest BCUT2D eigenvalue weighted by Gasteiger charge is 2.28. The standard InChI is InChI=1S/C15H22ClF3N4/c1-20-14(21-8-9-22(2)11-15(17,18)19)23(3)10-12-6-4-5-7-13(12)16/h4-7H,8-11H2,1-3H3,(H,20,21). The van der Waals surface area contributed by atoms with Gasteiger partial charge in [0, 0.05) is 38.8 Å². The second kappa shape index (κ2) is 8.98. The predicted octanol–water partition coefficient (Wildman–Crippen LogP) is 2.84. The van der Waals surface area contributed by atoms with Crippen molar-refractivity contribution in [3.63, 3.8) is 0 Å². The lowest BCUT2D eigenvalue weighted by molar-refractivity contribution is -0.142. The number of benzene rings is 1. The molecule has 0 atom stereocenters. The maximum Gasteiger partial charge on any atom is 0.401 e. The molecule has 8 heteroatoms. The number of hydrogen-bond donors (Lipinski definition) is 1. The van der Waals surface area contributed by atoms with Crippen molar-refractivity contribution in [2.75, 3.05) is 40.8 Å². The van der Waals surface area contributed by atoms with Crippen molar-refractivity contribution in [1.29, 1.82) is 0 Å². The van der Waals surface area contributed by atoms with Crippen molar-refractivity contribution in [1.82, 2.24) is 15.1 Å². The zero-order valence-corrected chi connectivity index (χ0v) is 14.2. The second-order valence-corrected chi connectivity index (χ2v) is 5.68. The van der Waals surface area contributed by atoms with Crippen LogP contribution in [0.3, 0.4) is 0 Å². The first-order chi connectivity index (χ1) is 10.7. The van der Waals surface area contributed by atoms with E-state index in [4.69, 9.17) is 11.6 Å². The van der Waals surface area contributed by atoms with Gasteiger partial charge in [0.2, 0.25) is 0 Å². The predicted molar refractivity (Wildman–Crippen MR) is 87.8 cm³/mol. The van der Waals surface area contributed by atoms with Crippen LogP contribution in [0.5, 0.6) is 0 Å². The largest absolute Gasteiger partial charge is 0.401 e. The van der Waals surface area contributed by atoms with Crippen LogP contribution in [0.25, 0.3) is 0 Å². The first kappa shape index (κ1) is 19.6. The van der Waals surface area contributed by atoms with Gasteiger partial charge < -0.3 is 10.2 Å². The summed E-state index contributed by atoms with van der Waals surface area (Å²) in [4.78, 5) is 7.22. The Morgan fingerprint density at radius 2 is 1.91 bits per heavy atom. The lowest BCUT2D eigenvalue weighted by atomic mass is 10.2. The van der Waals surface area contributed by atoms with Gasteiger partial charge in [0.05, 0.1) is 6.54 Å². The molecule has 0 amide bonds. The molecular formula is C15H22ClF3N4. The number of alkyl halides is 3. The quantitative estimate of drug-likeness (QED) is 0.632. The molecule has 4 nitrogen and oxygen atoms in total. The molecule has 0 unspecified atom stereocenters. The zero-order chi connectivity index (χ0) is 17.5. The molecule has 0 aliphatic carbocycles. The third-order valence-corrected chi connectivity index (χ3v) is 3.53. The number of nitrogens with zero attached hydrogens (tertiary/aromatic N) is 3. The highest BCUT2D eigenvalue weighted by molar-refractivity contribution is 6.31. The van der Waals surface area contributed by atoms with Gasteiger partial charge in [0.25, 0.3) is 0 Å². The lowest BCUT2D eigenvalue weighted by Crippen LogP contribution is -2.43. The molecule has 0 radical (unpaired) electrons. The average Bonchev–Trinajstić information content (AvgIpc) is 2.44. The molecular weight excluding hydrogens is 329 g/mol. The molecule has 0 fully saturated rings. The first-order valence-corrected chi connectivity index (χ1v) is 7.51. The summed E-state index contributed by atoms with van der Waals surface area (Å²) in [5.74, 6) is 0.602. The number of halogens is 4. The van der Waals surface area contributed by atoms with Crippen molar-refractivity contribution in [2.24, 2.45) is 4.99 Å². The van der Waals surface area contributed by atoms with Gasteiger partial charge in [-0.25, -0.2) is 0 Å². The van der Waals surface area contributed by atoms with E-state index < -0.39 is 12.7 Å². The highest BCUT2D eigenvalue weighted by Crippen LogP contribution is 2.16. The average molecular weight is 351 g/mol.